The number of rotatable bonds is 5. The Labute approximate surface area is 206 Å². The summed E-state index contributed by atoms with van der Waals surface area (Å²) in [6.07, 6.45) is 0.968. The van der Waals surface area contributed by atoms with Crippen LogP contribution in [0, 0.1) is 0 Å². The van der Waals surface area contributed by atoms with Crippen LogP contribution in [0.2, 0.25) is 5.02 Å². The third kappa shape index (κ3) is 8.50. The van der Waals surface area contributed by atoms with Crippen molar-refractivity contribution in [2.45, 2.75) is 56.5 Å². The van der Waals surface area contributed by atoms with Gasteiger partial charge in [-0.15, -0.1) is 0 Å². The molecule has 2 aliphatic heterocycles. The highest BCUT2D eigenvalue weighted by Gasteiger charge is 2.34. The van der Waals surface area contributed by atoms with Crippen molar-refractivity contribution < 1.29 is 34.6 Å². The van der Waals surface area contributed by atoms with Crippen molar-refractivity contribution in [3.05, 3.63) is 64.2 Å². The van der Waals surface area contributed by atoms with Gasteiger partial charge in [0, 0.05) is 25.3 Å². The molecule has 0 bridgehead atoms. The van der Waals surface area contributed by atoms with Crippen LogP contribution in [0.4, 0.5) is 0 Å². The number of halogens is 1. The predicted octanol–water partition coefficient (Wildman–Crippen LogP) is 3.28. The van der Waals surface area contributed by atoms with Crippen LogP contribution in [0.25, 0.3) is 0 Å². The summed E-state index contributed by atoms with van der Waals surface area (Å²) in [5, 5.41) is 37.7. The average molecular weight is 497 g/mol. The number of ether oxygens (including phenoxy) is 3. The summed E-state index contributed by atoms with van der Waals surface area (Å²) in [5.74, 6) is 0.789. The predicted molar refractivity (Wildman–Crippen MR) is 131 cm³/mol. The van der Waals surface area contributed by atoms with Crippen molar-refractivity contribution in [2.24, 2.45) is 0 Å². The van der Waals surface area contributed by atoms with Crippen molar-refractivity contribution >= 4 is 11.6 Å². The Morgan fingerprint density at radius 3 is 2.24 bits per heavy atom. The second-order valence-corrected chi connectivity index (χ2v) is 8.60. The van der Waals surface area contributed by atoms with Gasteiger partial charge in [0.15, 0.2) is 0 Å². The molecule has 2 heterocycles. The van der Waals surface area contributed by atoms with Crippen molar-refractivity contribution in [1.82, 2.24) is 0 Å². The van der Waals surface area contributed by atoms with Gasteiger partial charge >= 0.3 is 0 Å². The van der Waals surface area contributed by atoms with E-state index in [2.05, 4.69) is 0 Å². The van der Waals surface area contributed by atoms with Crippen molar-refractivity contribution in [3.8, 4) is 5.75 Å². The summed E-state index contributed by atoms with van der Waals surface area (Å²) >= 11 is 6.38. The summed E-state index contributed by atoms with van der Waals surface area (Å²) in [7, 11) is 2.63. The summed E-state index contributed by atoms with van der Waals surface area (Å²) < 4.78 is 16.0. The van der Waals surface area contributed by atoms with Gasteiger partial charge in [0.05, 0.1) is 25.9 Å². The minimum absolute atomic E-state index is 0.151. The molecule has 0 spiro atoms. The minimum Gasteiger partial charge on any atom is -0.497 e. The molecule has 7 nitrogen and oxygen atoms in total. The Morgan fingerprint density at radius 1 is 1.00 bits per heavy atom. The Bertz CT molecular complexity index is 819. The van der Waals surface area contributed by atoms with E-state index in [-0.39, 0.29) is 6.61 Å². The van der Waals surface area contributed by atoms with E-state index in [0.717, 1.165) is 42.8 Å². The summed E-state index contributed by atoms with van der Waals surface area (Å²) in [4.78, 5) is 0. The van der Waals surface area contributed by atoms with E-state index >= 15 is 0 Å². The quantitative estimate of drug-likeness (QED) is 0.503. The molecule has 2 aliphatic rings. The van der Waals surface area contributed by atoms with E-state index < -0.39 is 24.4 Å². The van der Waals surface area contributed by atoms with Crippen LogP contribution < -0.4 is 4.74 Å². The Balaban J connectivity index is 0.000000507. The lowest BCUT2D eigenvalue weighted by Crippen LogP contribution is -2.32. The Morgan fingerprint density at radius 2 is 1.68 bits per heavy atom. The van der Waals surface area contributed by atoms with Crippen LogP contribution in [0.1, 0.15) is 48.5 Å². The Hall–Kier alpha value is -1.71. The molecule has 0 aliphatic carbocycles. The first-order chi connectivity index (χ1) is 16.5. The van der Waals surface area contributed by atoms with Gasteiger partial charge in [0.25, 0.3) is 0 Å². The van der Waals surface area contributed by atoms with E-state index in [9.17, 15) is 15.3 Å². The SMILES string of the molecule is C1CCOC1.CO.COc1ccc(Cc2cc(C3OC(CO)CC[C@@H](O)C3O)ccc2Cl)cc1. The van der Waals surface area contributed by atoms with E-state index in [1.807, 2.05) is 30.3 Å². The number of hydrogen-bond donors (Lipinski definition) is 4. The third-order valence-electron chi connectivity index (χ3n) is 5.81. The molecule has 0 radical (unpaired) electrons. The fourth-order valence-electron chi connectivity index (χ4n) is 3.88. The summed E-state index contributed by atoms with van der Waals surface area (Å²) in [5.41, 5.74) is 2.70. The molecule has 2 aromatic carbocycles. The zero-order chi connectivity index (χ0) is 24.9. The first-order valence-electron chi connectivity index (χ1n) is 11.6. The van der Waals surface area contributed by atoms with Gasteiger partial charge in [0.2, 0.25) is 0 Å². The number of benzene rings is 2. The smallest absolute Gasteiger partial charge is 0.118 e. The molecule has 4 rings (SSSR count). The highest BCUT2D eigenvalue weighted by Crippen LogP contribution is 2.33. The van der Waals surface area contributed by atoms with Gasteiger partial charge in [-0.2, -0.15) is 0 Å². The van der Waals surface area contributed by atoms with Crippen LogP contribution in [-0.2, 0) is 15.9 Å². The molecule has 2 saturated heterocycles. The third-order valence-corrected chi connectivity index (χ3v) is 6.18. The molecule has 0 saturated carbocycles. The monoisotopic (exact) mass is 496 g/mol. The molecule has 2 aromatic rings. The van der Waals surface area contributed by atoms with Gasteiger partial charge < -0.3 is 34.6 Å². The molecule has 4 atom stereocenters. The highest BCUT2D eigenvalue weighted by molar-refractivity contribution is 6.31. The summed E-state index contributed by atoms with van der Waals surface area (Å²) in [6.45, 7) is 1.85. The van der Waals surface area contributed by atoms with Gasteiger partial charge in [-0.25, -0.2) is 0 Å². The zero-order valence-corrected chi connectivity index (χ0v) is 20.7. The number of methoxy groups -OCH3 is 1. The number of hydrogen-bond acceptors (Lipinski definition) is 7. The lowest BCUT2D eigenvalue weighted by Gasteiger charge is -2.26. The van der Waals surface area contributed by atoms with Crippen molar-refractivity contribution in [3.63, 3.8) is 0 Å². The molecule has 190 valence electrons. The molecule has 34 heavy (non-hydrogen) atoms. The van der Waals surface area contributed by atoms with Crippen LogP contribution in [0.15, 0.2) is 42.5 Å². The molecule has 0 aromatic heterocycles. The van der Waals surface area contributed by atoms with Gasteiger partial charge in [-0.05, 0) is 67.0 Å². The second-order valence-electron chi connectivity index (χ2n) is 8.19. The van der Waals surface area contributed by atoms with E-state index in [1.54, 1.807) is 19.2 Å². The van der Waals surface area contributed by atoms with E-state index in [0.29, 0.717) is 24.3 Å². The lowest BCUT2D eigenvalue weighted by atomic mass is 9.95. The van der Waals surface area contributed by atoms with Gasteiger partial charge in [0.1, 0.15) is 18.0 Å². The van der Waals surface area contributed by atoms with Crippen molar-refractivity contribution in [1.29, 1.82) is 0 Å². The summed E-state index contributed by atoms with van der Waals surface area (Å²) in [6, 6.07) is 13.2. The normalized spacial score (nSPS) is 24.2. The standard InChI is InChI=1S/C21H25ClO5.C4H8O.CH4O/c1-26-16-5-2-13(3-6-16)10-15-11-14(4-8-18(15)22)21-20(25)19(24)9-7-17(12-23)27-21;1-2-4-5-3-1;1-2/h2-6,8,11,17,19-21,23-25H,7,9-10,12H2,1H3;1-4H2;2H,1H3/t17?,19-,20?,21?;;/m1../s1. The Kier molecular flexibility index (Phi) is 12.9. The number of aliphatic hydroxyl groups excluding tert-OH is 4. The second kappa shape index (κ2) is 15.3. The van der Waals surface area contributed by atoms with Crippen LogP contribution >= 0.6 is 11.6 Å². The molecule has 4 N–H and O–H groups in total. The van der Waals surface area contributed by atoms with Crippen LogP contribution in [0.3, 0.4) is 0 Å². The fourth-order valence-corrected chi connectivity index (χ4v) is 4.06. The molecular formula is C26H37ClO7. The van der Waals surface area contributed by atoms with Crippen LogP contribution in [0.5, 0.6) is 5.75 Å². The average Bonchev–Trinajstić information content (AvgIpc) is 3.43. The maximum Gasteiger partial charge on any atom is 0.118 e. The first-order valence-corrected chi connectivity index (χ1v) is 12.0. The molecule has 3 unspecified atom stereocenters. The molecule has 0 amide bonds. The zero-order valence-electron chi connectivity index (χ0n) is 19.9. The molecule has 8 heteroatoms. The highest BCUT2D eigenvalue weighted by atomic mass is 35.5. The molecular weight excluding hydrogens is 460 g/mol. The van der Waals surface area contributed by atoms with E-state index in [4.69, 9.17) is 30.9 Å². The number of aliphatic hydroxyl groups is 4. The van der Waals surface area contributed by atoms with Gasteiger partial charge in [-0.3, -0.25) is 0 Å². The fraction of sp³-hybridized carbons (Fsp3) is 0.538. The lowest BCUT2D eigenvalue weighted by molar-refractivity contribution is -0.104. The topological polar surface area (TPSA) is 109 Å². The maximum atomic E-state index is 10.5. The largest absolute Gasteiger partial charge is 0.497 e. The first kappa shape index (κ1) is 28.5. The molecule has 2 fully saturated rings. The van der Waals surface area contributed by atoms with Crippen molar-refractivity contribution in [2.75, 3.05) is 34.0 Å². The maximum absolute atomic E-state index is 10.5. The van der Waals surface area contributed by atoms with Crippen LogP contribution in [-0.4, -0.2) is 72.8 Å². The van der Waals surface area contributed by atoms with Gasteiger partial charge in [-0.1, -0.05) is 35.9 Å². The minimum atomic E-state index is -1.06. The van der Waals surface area contributed by atoms with E-state index in [1.165, 1.54) is 12.8 Å².